The summed E-state index contributed by atoms with van der Waals surface area (Å²) >= 11 is 0. The minimum Gasteiger partial charge on any atom is -0.294 e. The van der Waals surface area contributed by atoms with E-state index < -0.39 is 15.5 Å². The first kappa shape index (κ1) is 19.0. The van der Waals surface area contributed by atoms with Crippen LogP contribution in [0, 0.1) is 20.2 Å². The van der Waals surface area contributed by atoms with Gasteiger partial charge in [-0.05, 0) is 6.42 Å². The predicted octanol–water partition coefficient (Wildman–Crippen LogP) is 2.77. The van der Waals surface area contributed by atoms with Gasteiger partial charge in [0.1, 0.15) is 22.9 Å². The molecule has 8 nitrogen and oxygen atoms in total. The molecule has 0 radical (unpaired) electrons. The highest BCUT2D eigenvalue weighted by molar-refractivity contribution is 5.96. The van der Waals surface area contributed by atoms with Crippen molar-refractivity contribution < 1.29 is 14.6 Å². The van der Waals surface area contributed by atoms with Crippen LogP contribution in [-0.2, 0) is 0 Å². The van der Waals surface area contributed by atoms with Gasteiger partial charge in [0.2, 0.25) is 0 Å². The Labute approximate surface area is 146 Å². The molecule has 1 aromatic carbocycles. The number of ketones is 1. The van der Waals surface area contributed by atoms with Crippen molar-refractivity contribution in [1.82, 2.24) is 4.90 Å². The molecule has 8 heteroatoms. The fourth-order valence-corrected chi connectivity index (χ4v) is 3.16. The molecule has 1 aromatic rings. The average Bonchev–Trinajstić information content (AvgIpc) is 2.53. The molecule has 1 atom stereocenters. The van der Waals surface area contributed by atoms with Crippen molar-refractivity contribution >= 4 is 5.78 Å². The van der Waals surface area contributed by atoms with E-state index in [-0.39, 0.29) is 31.3 Å². The van der Waals surface area contributed by atoms with Crippen molar-refractivity contribution in [3.05, 3.63) is 56.1 Å². The molecule has 0 saturated carbocycles. The Balaban J connectivity index is 2.05. The van der Waals surface area contributed by atoms with Crippen LogP contribution in [0.1, 0.15) is 49.4 Å². The van der Waals surface area contributed by atoms with Crippen molar-refractivity contribution in [2.24, 2.45) is 0 Å². The second kappa shape index (κ2) is 8.15. The molecule has 0 spiro atoms. The van der Waals surface area contributed by atoms with Crippen LogP contribution < -0.4 is 0 Å². The zero-order valence-electron chi connectivity index (χ0n) is 14.3. The van der Waals surface area contributed by atoms with Gasteiger partial charge < -0.3 is 0 Å². The molecule has 25 heavy (non-hydrogen) atoms. The van der Waals surface area contributed by atoms with Crippen molar-refractivity contribution in [2.75, 3.05) is 13.1 Å². The van der Waals surface area contributed by atoms with Gasteiger partial charge in [-0.15, -0.1) is 0 Å². The second-order valence-corrected chi connectivity index (χ2v) is 6.54. The third-order valence-corrected chi connectivity index (χ3v) is 4.77. The van der Waals surface area contributed by atoms with Crippen LogP contribution in [0.4, 0.5) is 0 Å². The van der Waals surface area contributed by atoms with Crippen LogP contribution in [0.5, 0.6) is 0 Å². The number of nitrogens with zero attached hydrogens (tertiary/aromatic N) is 3. The van der Waals surface area contributed by atoms with E-state index in [0.29, 0.717) is 12.0 Å². The zero-order valence-corrected chi connectivity index (χ0v) is 14.3. The highest BCUT2D eigenvalue weighted by atomic mass is 16.7. The molecule has 1 unspecified atom stereocenters. The van der Waals surface area contributed by atoms with Crippen LogP contribution in [0.2, 0.25) is 0 Å². The monoisotopic (exact) mass is 349 g/mol. The van der Waals surface area contributed by atoms with Crippen molar-refractivity contribution in [3.63, 3.8) is 0 Å². The van der Waals surface area contributed by atoms with Gasteiger partial charge in [-0.2, -0.15) is 0 Å². The summed E-state index contributed by atoms with van der Waals surface area (Å²) in [5.41, 5.74) is -1.53. The maximum atomic E-state index is 12.5. The van der Waals surface area contributed by atoms with E-state index in [1.807, 2.05) is 6.07 Å². The Morgan fingerprint density at radius 3 is 2.28 bits per heavy atom. The largest absolute Gasteiger partial charge is 0.482 e. The number of hydrogen-bond donors (Lipinski definition) is 0. The van der Waals surface area contributed by atoms with Crippen LogP contribution in [0.25, 0.3) is 0 Å². The Morgan fingerprint density at radius 1 is 1.16 bits per heavy atom. The molecule has 2 rings (SSSR count). The lowest BCUT2D eigenvalue weighted by atomic mass is 9.92. The molecule has 1 heterocycles. The first-order chi connectivity index (χ1) is 11.9. The van der Waals surface area contributed by atoms with Crippen molar-refractivity contribution in [2.45, 2.75) is 50.7 Å². The SMILES string of the molecule is CCCCCC(CC(=O)c1ccccc1)N1CC([N+](=O)[O-])([N+](=O)[O-])C1. The van der Waals surface area contributed by atoms with E-state index in [0.717, 1.165) is 19.3 Å². The average molecular weight is 349 g/mol. The molecule has 1 aliphatic rings. The van der Waals surface area contributed by atoms with E-state index in [4.69, 9.17) is 0 Å². The third-order valence-electron chi connectivity index (χ3n) is 4.77. The fourth-order valence-electron chi connectivity index (χ4n) is 3.16. The van der Waals surface area contributed by atoms with Gasteiger partial charge in [-0.1, -0.05) is 56.5 Å². The first-order valence-corrected chi connectivity index (χ1v) is 8.52. The number of rotatable bonds is 10. The summed E-state index contributed by atoms with van der Waals surface area (Å²) in [4.78, 5) is 34.7. The highest BCUT2D eigenvalue weighted by Crippen LogP contribution is 2.30. The van der Waals surface area contributed by atoms with Gasteiger partial charge in [0.25, 0.3) is 0 Å². The van der Waals surface area contributed by atoms with Gasteiger partial charge in [0, 0.05) is 18.0 Å². The van der Waals surface area contributed by atoms with Crippen LogP contribution in [0.3, 0.4) is 0 Å². The van der Waals surface area contributed by atoms with Crippen LogP contribution in [-0.4, -0.2) is 45.3 Å². The molecule has 0 aliphatic carbocycles. The fraction of sp³-hybridized carbons (Fsp3) is 0.588. The molecule has 1 fully saturated rings. The smallest absolute Gasteiger partial charge is 0.294 e. The number of hydrogen-bond acceptors (Lipinski definition) is 6. The van der Waals surface area contributed by atoms with Gasteiger partial charge in [-0.25, -0.2) is 0 Å². The summed E-state index contributed by atoms with van der Waals surface area (Å²) in [5.74, 6) is -0.0400. The molecule has 1 aliphatic heterocycles. The number of Topliss-reactive ketones (excluding diaryl/α,β-unsaturated/α-hetero) is 1. The normalized spacial score (nSPS) is 17.5. The number of unbranched alkanes of at least 4 members (excludes halogenated alkanes) is 2. The van der Waals surface area contributed by atoms with Gasteiger partial charge in [-0.3, -0.25) is 29.9 Å². The lowest BCUT2D eigenvalue weighted by Gasteiger charge is -2.41. The van der Waals surface area contributed by atoms with E-state index in [9.17, 15) is 25.0 Å². The molecule has 0 amide bonds. The molecule has 0 N–H and O–H groups in total. The quantitative estimate of drug-likeness (QED) is 0.211. The Morgan fingerprint density at radius 2 is 1.76 bits per heavy atom. The number of carbonyl (C=O) groups is 1. The summed E-state index contributed by atoms with van der Waals surface area (Å²) in [5, 5.41) is 22.2. The Hall–Kier alpha value is -2.35. The number of nitro groups is 2. The van der Waals surface area contributed by atoms with E-state index >= 15 is 0 Å². The zero-order chi connectivity index (χ0) is 18.4. The number of benzene rings is 1. The van der Waals surface area contributed by atoms with Crippen molar-refractivity contribution in [1.29, 1.82) is 0 Å². The maximum absolute atomic E-state index is 12.5. The van der Waals surface area contributed by atoms with E-state index in [1.165, 1.54) is 0 Å². The molecule has 1 saturated heterocycles. The van der Waals surface area contributed by atoms with E-state index in [1.54, 1.807) is 29.2 Å². The molecule has 136 valence electrons. The predicted molar refractivity (Wildman–Crippen MR) is 91.6 cm³/mol. The number of likely N-dealkylation sites (tertiary alicyclic amines) is 1. The summed E-state index contributed by atoms with van der Waals surface area (Å²) in [6.07, 6.45) is 3.84. The van der Waals surface area contributed by atoms with Gasteiger partial charge in [0.05, 0.1) is 0 Å². The van der Waals surface area contributed by atoms with Crippen molar-refractivity contribution in [3.8, 4) is 0 Å². The Bertz CT molecular complexity index is 612. The minimum absolute atomic E-state index is 0.0400. The maximum Gasteiger partial charge on any atom is 0.482 e. The van der Waals surface area contributed by atoms with E-state index in [2.05, 4.69) is 6.92 Å². The molecule has 0 aromatic heterocycles. The Kier molecular flexibility index (Phi) is 6.19. The second-order valence-electron chi connectivity index (χ2n) is 6.54. The van der Waals surface area contributed by atoms with Crippen LogP contribution in [0.15, 0.2) is 30.3 Å². The lowest BCUT2D eigenvalue weighted by molar-refractivity contribution is -0.811. The number of carbonyl (C=O) groups excluding carboxylic acids is 1. The van der Waals surface area contributed by atoms with Crippen LogP contribution >= 0.6 is 0 Å². The molecule has 0 bridgehead atoms. The lowest BCUT2D eigenvalue weighted by Crippen LogP contribution is -2.72. The topological polar surface area (TPSA) is 107 Å². The highest BCUT2D eigenvalue weighted by Gasteiger charge is 2.67. The summed E-state index contributed by atoms with van der Waals surface area (Å²) in [6.45, 7) is 1.58. The summed E-state index contributed by atoms with van der Waals surface area (Å²) < 4.78 is 0. The summed E-state index contributed by atoms with van der Waals surface area (Å²) in [6, 6.07) is 8.67. The molecular weight excluding hydrogens is 326 g/mol. The summed E-state index contributed by atoms with van der Waals surface area (Å²) in [7, 11) is 0. The standard InChI is InChI=1S/C17H23N3O5/c1-2-3-5-10-15(11-16(21)14-8-6-4-7-9-14)18-12-17(13-18,19(22)23)20(24)25/h4,6-9,15H,2-3,5,10-13H2,1H3. The van der Waals surface area contributed by atoms with Gasteiger partial charge in [0.15, 0.2) is 5.78 Å². The van der Waals surface area contributed by atoms with Gasteiger partial charge >= 0.3 is 5.66 Å². The minimum atomic E-state index is -2.13. The first-order valence-electron chi connectivity index (χ1n) is 8.52. The molecular formula is C17H23N3O5. The third kappa shape index (κ3) is 4.19.